The van der Waals surface area contributed by atoms with Gasteiger partial charge in [0.1, 0.15) is 0 Å². The van der Waals surface area contributed by atoms with Crippen molar-refractivity contribution in [1.29, 1.82) is 0 Å². The molecule has 1 aromatic heterocycles. The maximum atomic E-state index is 13.4. The Hall–Kier alpha value is -3.77. The standard InChI is InChI=1S/C28H25N3O2S/c1-18-26(23-13-14-24-22(17-23)15-16-31(24)19(2)32)29-28(34-18)30-27(33)25(20-9-5-3-6-10-20)21-11-7-4-8-12-21/h3-14,17,25H,15-16H2,1-2H3,(H,29,30,33). The summed E-state index contributed by atoms with van der Waals surface area (Å²) in [6, 6.07) is 25.7. The number of thiazole rings is 1. The molecule has 34 heavy (non-hydrogen) atoms. The van der Waals surface area contributed by atoms with E-state index < -0.39 is 5.92 Å². The first kappa shape index (κ1) is 22.0. The predicted octanol–water partition coefficient (Wildman–Crippen LogP) is 5.80. The number of aromatic nitrogens is 1. The molecule has 2 amide bonds. The lowest BCUT2D eigenvalue weighted by atomic mass is 9.90. The topological polar surface area (TPSA) is 62.3 Å². The molecule has 0 saturated carbocycles. The number of amides is 2. The van der Waals surface area contributed by atoms with Crippen LogP contribution in [0.3, 0.4) is 0 Å². The smallest absolute Gasteiger partial charge is 0.238 e. The molecule has 1 aliphatic heterocycles. The number of benzene rings is 3. The van der Waals surface area contributed by atoms with Gasteiger partial charge in [0.05, 0.1) is 11.6 Å². The van der Waals surface area contributed by atoms with Gasteiger partial charge in [-0.25, -0.2) is 4.98 Å². The van der Waals surface area contributed by atoms with E-state index in [1.54, 1.807) is 6.92 Å². The summed E-state index contributed by atoms with van der Waals surface area (Å²) in [5.74, 6) is -0.468. The fraction of sp³-hybridized carbons (Fsp3) is 0.179. The van der Waals surface area contributed by atoms with Crippen LogP contribution in [0.4, 0.5) is 10.8 Å². The third-order valence-electron chi connectivity index (χ3n) is 6.18. The quantitative estimate of drug-likeness (QED) is 0.404. The summed E-state index contributed by atoms with van der Waals surface area (Å²) in [4.78, 5) is 32.9. The molecular formula is C28H25N3O2S. The number of hydrogen-bond acceptors (Lipinski definition) is 4. The van der Waals surface area contributed by atoms with E-state index in [1.165, 1.54) is 11.3 Å². The van der Waals surface area contributed by atoms with Gasteiger partial charge in [0.25, 0.3) is 0 Å². The summed E-state index contributed by atoms with van der Waals surface area (Å²) < 4.78 is 0. The number of rotatable bonds is 5. The molecule has 5 rings (SSSR count). The zero-order chi connectivity index (χ0) is 23.7. The average molecular weight is 468 g/mol. The average Bonchev–Trinajstić information content (AvgIpc) is 3.43. The number of carbonyl (C=O) groups is 2. The minimum absolute atomic E-state index is 0.0627. The molecule has 5 nitrogen and oxygen atoms in total. The number of nitrogens with one attached hydrogen (secondary N) is 1. The monoisotopic (exact) mass is 467 g/mol. The summed E-state index contributed by atoms with van der Waals surface area (Å²) in [5, 5.41) is 3.64. The van der Waals surface area contributed by atoms with Crippen molar-refractivity contribution < 1.29 is 9.59 Å². The number of nitrogens with zero attached hydrogens (tertiary/aromatic N) is 2. The summed E-state index contributed by atoms with van der Waals surface area (Å²) in [6.45, 7) is 4.33. The lowest BCUT2D eigenvalue weighted by Gasteiger charge is -2.17. The van der Waals surface area contributed by atoms with Crippen LogP contribution in [-0.2, 0) is 16.0 Å². The molecule has 3 aromatic carbocycles. The Morgan fingerprint density at radius 1 is 0.971 bits per heavy atom. The van der Waals surface area contributed by atoms with Crippen LogP contribution in [0.1, 0.15) is 34.4 Å². The Morgan fingerprint density at radius 3 is 2.24 bits per heavy atom. The highest BCUT2D eigenvalue weighted by atomic mass is 32.1. The molecule has 0 unspecified atom stereocenters. The molecule has 0 fully saturated rings. The second kappa shape index (κ2) is 9.23. The molecule has 0 saturated heterocycles. The van der Waals surface area contributed by atoms with Gasteiger partial charge >= 0.3 is 0 Å². The van der Waals surface area contributed by atoms with Crippen molar-refractivity contribution in [3.8, 4) is 11.3 Å². The Bertz CT molecular complexity index is 1310. The van der Waals surface area contributed by atoms with Crippen LogP contribution >= 0.6 is 11.3 Å². The summed E-state index contributed by atoms with van der Waals surface area (Å²) in [7, 11) is 0. The third-order valence-corrected chi connectivity index (χ3v) is 7.07. The van der Waals surface area contributed by atoms with Gasteiger partial charge in [0.15, 0.2) is 5.13 Å². The molecule has 1 aliphatic rings. The number of fused-ring (bicyclic) bond motifs is 1. The van der Waals surface area contributed by atoms with Gasteiger partial charge in [-0.05, 0) is 42.2 Å². The van der Waals surface area contributed by atoms with Crippen LogP contribution in [0.2, 0.25) is 0 Å². The third kappa shape index (κ3) is 4.24. The van der Waals surface area contributed by atoms with E-state index in [1.807, 2.05) is 84.6 Å². The van der Waals surface area contributed by atoms with Gasteiger partial charge in [0.2, 0.25) is 11.8 Å². The Kier molecular flexibility index (Phi) is 5.99. The number of aryl methyl sites for hydroxylation is 1. The van der Waals surface area contributed by atoms with Crippen LogP contribution in [-0.4, -0.2) is 23.3 Å². The molecule has 0 radical (unpaired) electrons. The van der Waals surface area contributed by atoms with E-state index in [2.05, 4.69) is 11.4 Å². The van der Waals surface area contributed by atoms with E-state index >= 15 is 0 Å². The van der Waals surface area contributed by atoms with Crippen molar-refractivity contribution in [3.63, 3.8) is 0 Å². The SMILES string of the molecule is CC(=O)N1CCc2cc(-c3nc(NC(=O)C(c4ccccc4)c4ccccc4)sc3C)ccc21. The summed E-state index contributed by atoms with van der Waals surface area (Å²) >= 11 is 1.48. The molecule has 6 heteroatoms. The fourth-order valence-corrected chi connectivity index (χ4v) is 5.40. The number of hydrogen-bond donors (Lipinski definition) is 1. The van der Waals surface area contributed by atoms with Crippen LogP contribution < -0.4 is 10.2 Å². The van der Waals surface area contributed by atoms with E-state index in [-0.39, 0.29) is 11.8 Å². The van der Waals surface area contributed by atoms with Crippen LogP contribution in [0.5, 0.6) is 0 Å². The maximum Gasteiger partial charge on any atom is 0.238 e. The van der Waals surface area contributed by atoms with Crippen molar-refractivity contribution in [2.75, 3.05) is 16.8 Å². The first-order chi connectivity index (χ1) is 16.5. The zero-order valence-corrected chi connectivity index (χ0v) is 19.9. The van der Waals surface area contributed by atoms with Crippen LogP contribution in [0.25, 0.3) is 11.3 Å². The molecule has 2 heterocycles. The number of anilines is 2. The van der Waals surface area contributed by atoms with Gasteiger partial charge in [-0.2, -0.15) is 0 Å². The van der Waals surface area contributed by atoms with Gasteiger partial charge in [-0.3, -0.25) is 9.59 Å². The minimum atomic E-state index is -0.424. The van der Waals surface area contributed by atoms with Crippen molar-refractivity contribution in [2.24, 2.45) is 0 Å². The highest BCUT2D eigenvalue weighted by Crippen LogP contribution is 2.36. The highest BCUT2D eigenvalue weighted by Gasteiger charge is 2.25. The molecule has 0 bridgehead atoms. The normalized spacial score (nSPS) is 12.6. The molecule has 0 spiro atoms. The summed E-state index contributed by atoms with van der Waals surface area (Å²) in [5.41, 5.74) is 5.87. The van der Waals surface area contributed by atoms with E-state index in [0.29, 0.717) is 11.7 Å². The van der Waals surface area contributed by atoms with Gasteiger partial charge < -0.3 is 10.2 Å². The van der Waals surface area contributed by atoms with Crippen molar-refractivity contribution in [2.45, 2.75) is 26.2 Å². The minimum Gasteiger partial charge on any atom is -0.312 e. The van der Waals surface area contributed by atoms with Gasteiger partial charge in [0, 0.05) is 29.6 Å². The second-order valence-electron chi connectivity index (χ2n) is 8.43. The molecule has 170 valence electrons. The lowest BCUT2D eigenvalue weighted by Crippen LogP contribution is -2.25. The Labute approximate surface area is 203 Å². The van der Waals surface area contributed by atoms with Crippen molar-refractivity contribution in [1.82, 2.24) is 4.98 Å². The predicted molar refractivity (Wildman–Crippen MR) is 137 cm³/mol. The molecule has 0 atom stereocenters. The highest BCUT2D eigenvalue weighted by molar-refractivity contribution is 7.16. The molecule has 1 N–H and O–H groups in total. The second-order valence-corrected chi connectivity index (χ2v) is 9.63. The van der Waals surface area contributed by atoms with Crippen molar-refractivity contribution in [3.05, 3.63) is 100 Å². The first-order valence-corrected chi connectivity index (χ1v) is 12.1. The Morgan fingerprint density at radius 2 is 1.62 bits per heavy atom. The van der Waals surface area contributed by atoms with Gasteiger partial charge in [-0.15, -0.1) is 11.3 Å². The van der Waals surface area contributed by atoms with Gasteiger partial charge in [-0.1, -0.05) is 66.7 Å². The van der Waals surface area contributed by atoms with E-state index in [9.17, 15) is 9.59 Å². The Balaban J connectivity index is 1.42. The van der Waals surface area contributed by atoms with Crippen molar-refractivity contribution >= 4 is 34.0 Å². The van der Waals surface area contributed by atoms with Crippen LogP contribution in [0, 0.1) is 6.92 Å². The number of carbonyl (C=O) groups excluding carboxylic acids is 2. The van der Waals surface area contributed by atoms with E-state index in [4.69, 9.17) is 4.98 Å². The maximum absolute atomic E-state index is 13.4. The molecule has 0 aliphatic carbocycles. The lowest BCUT2D eigenvalue weighted by molar-refractivity contribution is -0.117. The molecule has 4 aromatic rings. The summed E-state index contributed by atoms with van der Waals surface area (Å²) in [6.07, 6.45) is 0.839. The largest absolute Gasteiger partial charge is 0.312 e. The first-order valence-electron chi connectivity index (χ1n) is 11.3. The van der Waals surface area contributed by atoms with Crippen LogP contribution in [0.15, 0.2) is 78.9 Å². The zero-order valence-electron chi connectivity index (χ0n) is 19.1. The molecular weight excluding hydrogens is 442 g/mol. The fourth-order valence-electron chi connectivity index (χ4n) is 4.56. The van der Waals surface area contributed by atoms with E-state index in [0.717, 1.165) is 44.9 Å².